The number of likely N-dealkylation sites (N-methyl/N-ethyl adjacent to an activating group) is 1. The summed E-state index contributed by atoms with van der Waals surface area (Å²) in [6.07, 6.45) is 0. The minimum Gasteiger partial charge on any atom is -0.465 e. The molecule has 1 aromatic carbocycles. The van der Waals surface area contributed by atoms with Crippen LogP contribution in [0.25, 0.3) is 0 Å². The molecule has 2 rings (SSSR count). The van der Waals surface area contributed by atoms with E-state index in [2.05, 4.69) is 10.1 Å². The van der Waals surface area contributed by atoms with Crippen molar-refractivity contribution in [2.45, 2.75) is 0 Å². The molecule has 1 heterocycles. The Labute approximate surface area is 126 Å². The predicted octanol–water partition coefficient (Wildman–Crippen LogP) is 0.306. The molecule has 1 saturated heterocycles. The van der Waals surface area contributed by atoms with Gasteiger partial charge in [-0.05, 0) is 24.3 Å². The molecule has 116 valence electrons. The monoisotopic (exact) mass is 305 g/mol. The largest absolute Gasteiger partial charge is 0.465 e. The van der Waals surface area contributed by atoms with Crippen molar-refractivity contribution < 1.29 is 23.9 Å². The van der Waals surface area contributed by atoms with Gasteiger partial charge in [0.15, 0.2) is 0 Å². The lowest BCUT2D eigenvalue weighted by molar-refractivity contribution is -0.124. The average Bonchev–Trinajstić information content (AvgIpc) is 2.74. The van der Waals surface area contributed by atoms with Crippen molar-refractivity contribution >= 4 is 29.5 Å². The first-order chi connectivity index (χ1) is 10.4. The third kappa shape index (κ3) is 3.22. The maximum atomic E-state index is 11.9. The number of nitrogens with one attached hydrogen (secondary N) is 1. The number of ether oxygens (including phenoxy) is 1. The fourth-order valence-electron chi connectivity index (χ4n) is 1.96. The first kappa shape index (κ1) is 15.5. The van der Waals surface area contributed by atoms with Gasteiger partial charge in [0, 0.05) is 12.7 Å². The van der Waals surface area contributed by atoms with Crippen LogP contribution < -0.4 is 5.32 Å². The number of methoxy groups -OCH3 is 1. The summed E-state index contributed by atoms with van der Waals surface area (Å²) in [5, 5.41) is 2.59. The lowest BCUT2D eigenvalue weighted by Crippen LogP contribution is -2.36. The van der Waals surface area contributed by atoms with Gasteiger partial charge < -0.3 is 15.0 Å². The normalized spacial score (nSPS) is 14.3. The van der Waals surface area contributed by atoms with Crippen molar-refractivity contribution in [3.8, 4) is 0 Å². The fourth-order valence-corrected chi connectivity index (χ4v) is 1.96. The summed E-state index contributed by atoms with van der Waals surface area (Å²) in [7, 11) is 2.65. The Hall–Kier alpha value is -2.90. The van der Waals surface area contributed by atoms with E-state index in [1.54, 1.807) is 12.1 Å². The van der Waals surface area contributed by atoms with Crippen molar-refractivity contribution in [3.05, 3.63) is 29.8 Å². The number of benzene rings is 1. The number of hydrogen-bond donors (Lipinski definition) is 1. The smallest absolute Gasteiger partial charge is 0.337 e. The molecule has 4 amide bonds. The summed E-state index contributed by atoms with van der Waals surface area (Å²) in [5.74, 6) is -1.25. The fraction of sp³-hybridized carbons (Fsp3) is 0.286. The summed E-state index contributed by atoms with van der Waals surface area (Å²) in [6, 6.07) is 5.63. The molecule has 22 heavy (non-hydrogen) atoms. The lowest BCUT2D eigenvalue weighted by Gasteiger charge is -2.14. The molecule has 0 saturated carbocycles. The van der Waals surface area contributed by atoms with Gasteiger partial charge in [0.1, 0.15) is 13.1 Å². The third-order valence-corrected chi connectivity index (χ3v) is 3.18. The maximum absolute atomic E-state index is 11.9. The van der Waals surface area contributed by atoms with Crippen molar-refractivity contribution in [2.24, 2.45) is 0 Å². The molecule has 1 aromatic rings. The second kappa shape index (κ2) is 6.25. The second-order valence-corrected chi connectivity index (χ2v) is 4.71. The number of urea groups is 1. The van der Waals surface area contributed by atoms with Crippen LogP contribution in [-0.4, -0.2) is 60.9 Å². The number of imide groups is 1. The Morgan fingerprint density at radius 1 is 1.23 bits per heavy atom. The predicted molar refractivity (Wildman–Crippen MR) is 76.2 cm³/mol. The summed E-state index contributed by atoms with van der Waals surface area (Å²) < 4.78 is 4.57. The SMILES string of the molecule is COC(=O)c1ccc(NC(=O)CN2CC(=O)N(C)C2=O)cc1. The summed E-state index contributed by atoms with van der Waals surface area (Å²) >= 11 is 0. The molecule has 0 aliphatic carbocycles. The van der Waals surface area contributed by atoms with Crippen LogP contribution >= 0.6 is 0 Å². The van der Waals surface area contributed by atoms with E-state index in [1.165, 1.54) is 26.3 Å². The Balaban J connectivity index is 1.94. The molecule has 0 atom stereocenters. The van der Waals surface area contributed by atoms with Gasteiger partial charge in [-0.3, -0.25) is 14.5 Å². The van der Waals surface area contributed by atoms with Gasteiger partial charge in [-0.25, -0.2) is 9.59 Å². The zero-order valence-electron chi connectivity index (χ0n) is 12.2. The molecule has 0 radical (unpaired) electrons. The Bertz CT molecular complexity index is 626. The molecule has 0 bridgehead atoms. The minimum absolute atomic E-state index is 0.107. The highest BCUT2D eigenvalue weighted by Gasteiger charge is 2.33. The average molecular weight is 305 g/mol. The van der Waals surface area contributed by atoms with E-state index in [4.69, 9.17) is 0 Å². The number of carbonyl (C=O) groups is 4. The highest BCUT2D eigenvalue weighted by atomic mass is 16.5. The van der Waals surface area contributed by atoms with Crippen LogP contribution in [0.5, 0.6) is 0 Å². The number of rotatable bonds is 4. The van der Waals surface area contributed by atoms with E-state index in [-0.39, 0.29) is 19.0 Å². The van der Waals surface area contributed by atoms with Crippen LogP contribution in [0.15, 0.2) is 24.3 Å². The van der Waals surface area contributed by atoms with Crippen LogP contribution in [0.4, 0.5) is 10.5 Å². The molecule has 8 heteroatoms. The van der Waals surface area contributed by atoms with E-state index in [9.17, 15) is 19.2 Å². The van der Waals surface area contributed by atoms with Gasteiger partial charge in [-0.15, -0.1) is 0 Å². The van der Waals surface area contributed by atoms with E-state index in [0.29, 0.717) is 11.3 Å². The number of anilines is 1. The van der Waals surface area contributed by atoms with Gasteiger partial charge in [-0.1, -0.05) is 0 Å². The van der Waals surface area contributed by atoms with Crippen molar-refractivity contribution in [3.63, 3.8) is 0 Å². The van der Waals surface area contributed by atoms with E-state index < -0.39 is 17.9 Å². The van der Waals surface area contributed by atoms with Crippen LogP contribution in [0.3, 0.4) is 0 Å². The van der Waals surface area contributed by atoms with Crippen LogP contribution in [-0.2, 0) is 14.3 Å². The minimum atomic E-state index is -0.499. The Morgan fingerprint density at radius 3 is 2.36 bits per heavy atom. The maximum Gasteiger partial charge on any atom is 0.337 e. The third-order valence-electron chi connectivity index (χ3n) is 3.18. The quantitative estimate of drug-likeness (QED) is 0.638. The molecule has 1 aliphatic heterocycles. The number of amides is 4. The molecule has 0 aromatic heterocycles. The van der Waals surface area contributed by atoms with Crippen LogP contribution in [0.1, 0.15) is 10.4 Å². The molecule has 1 N–H and O–H groups in total. The zero-order chi connectivity index (χ0) is 16.3. The van der Waals surface area contributed by atoms with E-state index >= 15 is 0 Å². The van der Waals surface area contributed by atoms with Gasteiger partial charge in [0.2, 0.25) is 11.8 Å². The van der Waals surface area contributed by atoms with Gasteiger partial charge >= 0.3 is 12.0 Å². The first-order valence-electron chi connectivity index (χ1n) is 6.46. The second-order valence-electron chi connectivity index (χ2n) is 4.71. The van der Waals surface area contributed by atoms with E-state index in [1.807, 2.05) is 0 Å². The molecule has 8 nitrogen and oxygen atoms in total. The van der Waals surface area contributed by atoms with Crippen LogP contribution in [0, 0.1) is 0 Å². The zero-order valence-corrected chi connectivity index (χ0v) is 12.2. The molecular formula is C14H15N3O5. The van der Waals surface area contributed by atoms with Gasteiger partial charge in [0.05, 0.1) is 12.7 Å². The molecule has 1 aliphatic rings. The van der Waals surface area contributed by atoms with Crippen molar-refractivity contribution in [1.82, 2.24) is 9.80 Å². The molecular weight excluding hydrogens is 290 g/mol. The molecule has 0 unspecified atom stereocenters. The standard InChI is InChI=1S/C14H15N3O5/c1-16-12(19)8-17(14(16)21)7-11(18)15-10-5-3-9(4-6-10)13(20)22-2/h3-6H,7-8H2,1-2H3,(H,15,18). The highest BCUT2D eigenvalue weighted by Crippen LogP contribution is 2.12. The lowest BCUT2D eigenvalue weighted by atomic mass is 10.2. The van der Waals surface area contributed by atoms with Gasteiger partial charge in [0.25, 0.3) is 0 Å². The number of nitrogens with zero attached hydrogens (tertiary/aromatic N) is 2. The van der Waals surface area contributed by atoms with Gasteiger partial charge in [-0.2, -0.15) is 0 Å². The first-order valence-corrected chi connectivity index (χ1v) is 6.46. The Kier molecular flexibility index (Phi) is 4.40. The number of hydrogen-bond acceptors (Lipinski definition) is 5. The summed E-state index contributed by atoms with van der Waals surface area (Å²) in [5.41, 5.74) is 0.839. The Morgan fingerprint density at radius 2 is 1.86 bits per heavy atom. The van der Waals surface area contributed by atoms with E-state index in [0.717, 1.165) is 9.80 Å². The van der Waals surface area contributed by atoms with Crippen molar-refractivity contribution in [2.75, 3.05) is 32.6 Å². The molecule has 0 spiro atoms. The highest BCUT2D eigenvalue weighted by molar-refractivity contribution is 6.04. The topological polar surface area (TPSA) is 96.0 Å². The number of esters is 1. The van der Waals surface area contributed by atoms with Crippen molar-refractivity contribution in [1.29, 1.82) is 0 Å². The van der Waals surface area contributed by atoms with Crippen LogP contribution in [0.2, 0.25) is 0 Å². The molecule has 1 fully saturated rings. The number of carbonyl (C=O) groups excluding carboxylic acids is 4. The summed E-state index contributed by atoms with van der Waals surface area (Å²) in [6.45, 7) is -0.322. The summed E-state index contributed by atoms with van der Waals surface area (Å²) in [4.78, 5) is 48.3.